The van der Waals surface area contributed by atoms with E-state index in [1.807, 2.05) is 57.2 Å². The number of anilines is 1. The highest BCUT2D eigenvalue weighted by molar-refractivity contribution is 7.92. The molecule has 150 valence electrons. The molecule has 1 unspecified atom stereocenters. The Morgan fingerprint density at radius 1 is 1.14 bits per heavy atom. The van der Waals surface area contributed by atoms with Crippen LogP contribution in [0.3, 0.4) is 0 Å². The van der Waals surface area contributed by atoms with Gasteiger partial charge in [0.05, 0.1) is 11.9 Å². The van der Waals surface area contributed by atoms with Crippen molar-refractivity contribution in [2.45, 2.75) is 46.2 Å². The summed E-state index contributed by atoms with van der Waals surface area (Å²) in [5, 5.41) is 0. The molecule has 0 saturated heterocycles. The largest absolute Gasteiger partial charge is 0.336 e. The lowest BCUT2D eigenvalue weighted by Crippen LogP contribution is -2.52. The molecule has 1 aliphatic heterocycles. The lowest BCUT2D eigenvalue weighted by Gasteiger charge is -2.37. The van der Waals surface area contributed by atoms with E-state index in [0.717, 1.165) is 23.1 Å². The van der Waals surface area contributed by atoms with Crippen LogP contribution in [0.5, 0.6) is 0 Å². The summed E-state index contributed by atoms with van der Waals surface area (Å²) in [6.07, 6.45) is 2.38. The topological polar surface area (TPSA) is 57.7 Å². The van der Waals surface area contributed by atoms with Gasteiger partial charge in [0, 0.05) is 13.1 Å². The molecule has 0 radical (unpaired) electrons. The summed E-state index contributed by atoms with van der Waals surface area (Å²) in [7, 11) is -3.63. The maximum atomic E-state index is 13.4. The predicted octanol–water partition coefficient (Wildman–Crippen LogP) is 3.43. The molecule has 0 N–H and O–H groups in total. The average molecular weight is 401 g/mol. The lowest BCUT2D eigenvalue weighted by molar-refractivity contribution is -0.133. The molecule has 1 atom stereocenters. The maximum Gasteiger partial charge on any atom is 0.246 e. The number of sulfonamides is 1. The van der Waals surface area contributed by atoms with Crippen molar-refractivity contribution in [2.24, 2.45) is 0 Å². The van der Waals surface area contributed by atoms with Gasteiger partial charge < -0.3 is 4.90 Å². The summed E-state index contributed by atoms with van der Waals surface area (Å²) in [6.45, 7) is 6.80. The van der Waals surface area contributed by atoms with Crippen LogP contribution < -0.4 is 4.31 Å². The summed E-state index contributed by atoms with van der Waals surface area (Å²) in [5.41, 5.74) is 4.78. The van der Waals surface area contributed by atoms with E-state index in [1.165, 1.54) is 16.1 Å². The first kappa shape index (κ1) is 20.4. The highest BCUT2D eigenvalue weighted by Crippen LogP contribution is 2.29. The first-order valence-electron chi connectivity index (χ1n) is 9.64. The Kier molecular flexibility index (Phi) is 5.79. The highest BCUT2D eigenvalue weighted by atomic mass is 32.2. The third kappa shape index (κ3) is 4.07. The number of fused-ring (bicyclic) bond motifs is 1. The minimum Gasteiger partial charge on any atom is -0.336 e. The zero-order valence-electron chi connectivity index (χ0n) is 17.0. The van der Waals surface area contributed by atoms with Crippen LogP contribution >= 0.6 is 0 Å². The fraction of sp³-hybridized carbons (Fsp3) is 0.409. The van der Waals surface area contributed by atoms with Gasteiger partial charge in [-0.15, -0.1) is 0 Å². The molecule has 0 aliphatic carbocycles. The molecule has 6 heteroatoms. The van der Waals surface area contributed by atoms with Crippen LogP contribution in [0.25, 0.3) is 0 Å². The van der Waals surface area contributed by atoms with Gasteiger partial charge in [0.15, 0.2) is 0 Å². The van der Waals surface area contributed by atoms with E-state index in [9.17, 15) is 13.2 Å². The summed E-state index contributed by atoms with van der Waals surface area (Å²) in [4.78, 5) is 15.2. The summed E-state index contributed by atoms with van der Waals surface area (Å²) in [6, 6.07) is 13.1. The van der Waals surface area contributed by atoms with Crippen molar-refractivity contribution in [1.82, 2.24) is 4.90 Å². The zero-order valence-corrected chi connectivity index (χ0v) is 17.8. The Morgan fingerprint density at radius 3 is 2.46 bits per heavy atom. The van der Waals surface area contributed by atoms with Gasteiger partial charge in [0.2, 0.25) is 15.9 Å². The summed E-state index contributed by atoms with van der Waals surface area (Å²) in [5.74, 6) is -0.136. The fourth-order valence-corrected chi connectivity index (χ4v) is 5.13. The van der Waals surface area contributed by atoms with Crippen molar-refractivity contribution in [1.29, 1.82) is 0 Å². The first-order valence-corrected chi connectivity index (χ1v) is 11.5. The number of nitrogens with zero attached hydrogens (tertiary/aromatic N) is 2. The number of benzene rings is 2. The number of carbonyl (C=O) groups is 1. The van der Waals surface area contributed by atoms with Crippen LogP contribution in [-0.4, -0.2) is 38.1 Å². The van der Waals surface area contributed by atoms with Crippen LogP contribution in [-0.2, 0) is 27.8 Å². The van der Waals surface area contributed by atoms with Gasteiger partial charge in [-0.1, -0.05) is 43.3 Å². The molecule has 0 saturated carbocycles. The molecular formula is C22H28N2O3S. The third-order valence-corrected chi connectivity index (χ3v) is 6.52. The molecule has 0 bridgehead atoms. The van der Waals surface area contributed by atoms with E-state index in [-0.39, 0.29) is 5.91 Å². The number of carbonyl (C=O) groups excluding carboxylic acids is 1. The third-order valence-electron chi connectivity index (χ3n) is 5.36. The van der Waals surface area contributed by atoms with Gasteiger partial charge in [0.25, 0.3) is 0 Å². The minimum absolute atomic E-state index is 0.136. The van der Waals surface area contributed by atoms with Gasteiger partial charge >= 0.3 is 0 Å². The Labute approximate surface area is 168 Å². The molecule has 0 fully saturated rings. The van der Waals surface area contributed by atoms with E-state index >= 15 is 0 Å². The Balaban J connectivity index is 1.97. The Hall–Kier alpha value is -2.34. The molecule has 0 spiro atoms. The van der Waals surface area contributed by atoms with Crippen LogP contribution in [0, 0.1) is 13.8 Å². The standard InChI is InChI=1S/C22H28N2O3S/c1-5-20(22(25)23-13-12-18-8-6-7-9-19(18)15-23)24(28(4,26)27)21-14-16(2)10-11-17(21)3/h6-11,14,20H,5,12-13,15H2,1-4H3. The molecule has 5 nitrogen and oxygen atoms in total. The van der Waals surface area contributed by atoms with E-state index in [2.05, 4.69) is 6.07 Å². The molecular weight excluding hydrogens is 372 g/mol. The normalized spacial score (nSPS) is 15.1. The van der Waals surface area contributed by atoms with Gasteiger partial charge in [0.1, 0.15) is 6.04 Å². The fourth-order valence-electron chi connectivity index (χ4n) is 3.87. The van der Waals surface area contributed by atoms with E-state index in [4.69, 9.17) is 0 Å². The second-order valence-corrected chi connectivity index (χ2v) is 9.41. The van der Waals surface area contributed by atoms with Crippen LogP contribution in [0.2, 0.25) is 0 Å². The Bertz CT molecular complexity index is 985. The second kappa shape index (κ2) is 7.95. The summed E-state index contributed by atoms with van der Waals surface area (Å²) < 4.78 is 26.8. The second-order valence-electron chi connectivity index (χ2n) is 7.55. The molecule has 1 aliphatic rings. The number of amides is 1. The van der Waals surface area contributed by atoms with Crippen molar-refractivity contribution in [3.63, 3.8) is 0 Å². The lowest BCUT2D eigenvalue weighted by atomic mass is 9.99. The number of hydrogen-bond donors (Lipinski definition) is 0. The van der Waals surface area contributed by atoms with Gasteiger partial charge in [-0.25, -0.2) is 8.42 Å². The molecule has 0 aromatic heterocycles. The summed E-state index contributed by atoms with van der Waals surface area (Å²) >= 11 is 0. The molecule has 1 amide bonds. The number of hydrogen-bond acceptors (Lipinski definition) is 3. The van der Waals surface area contributed by atoms with E-state index < -0.39 is 16.1 Å². The molecule has 2 aromatic carbocycles. The minimum atomic E-state index is -3.63. The number of rotatable bonds is 5. The van der Waals surface area contributed by atoms with Crippen LogP contribution in [0.4, 0.5) is 5.69 Å². The van der Waals surface area contributed by atoms with Crippen molar-refractivity contribution in [2.75, 3.05) is 17.1 Å². The van der Waals surface area contributed by atoms with Crippen LogP contribution in [0.15, 0.2) is 42.5 Å². The molecule has 3 rings (SSSR count). The van der Waals surface area contributed by atoms with Crippen molar-refractivity contribution >= 4 is 21.6 Å². The average Bonchev–Trinajstić information content (AvgIpc) is 2.66. The van der Waals surface area contributed by atoms with Crippen molar-refractivity contribution in [3.05, 3.63) is 64.7 Å². The predicted molar refractivity (Wildman–Crippen MR) is 113 cm³/mol. The molecule has 2 aromatic rings. The van der Waals surface area contributed by atoms with Gasteiger partial charge in [-0.05, 0) is 55.0 Å². The van der Waals surface area contributed by atoms with Crippen LogP contribution in [0.1, 0.15) is 35.6 Å². The highest BCUT2D eigenvalue weighted by Gasteiger charge is 2.35. The maximum absolute atomic E-state index is 13.4. The van der Waals surface area contributed by atoms with Crippen molar-refractivity contribution in [3.8, 4) is 0 Å². The van der Waals surface area contributed by atoms with E-state index in [0.29, 0.717) is 25.2 Å². The Morgan fingerprint density at radius 2 is 1.82 bits per heavy atom. The van der Waals surface area contributed by atoms with Gasteiger partial charge in [-0.2, -0.15) is 0 Å². The smallest absolute Gasteiger partial charge is 0.246 e. The monoisotopic (exact) mass is 400 g/mol. The first-order chi connectivity index (χ1) is 13.2. The SMILES string of the molecule is CCC(C(=O)N1CCc2ccccc2C1)N(c1cc(C)ccc1C)S(C)(=O)=O. The number of aryl methyl sites for hydroxylation is 2. The van der Waals surface area contributed by atoms with Gasteiger partial charge in [-0.3, -0.25) is 9.10 Å². The van der Waals surface area contributed by atoms with E-state index in [1.54, 1.807) is 4.90 Å². The molecule has 1 heterocycles. The molecule has 28 heavy (non-hydrogen) atoms. The zero-order chi connectivity index (χ0) is 20.5. The van der Waals surface area contributed by atoms with Crippen molar-refractivity contribution < 1.29 is 13.2 Å². The quantitative estimate of drug-likeness (QED) is 0.773.